The molecule has 1 heterocycles. The number of benzene rings is 2. The fraction of sp³-hybridized carbons (Fsp3) is 0.222. The minimum atomic E-state index is -0.495. The molecule has 0 amide bonds. The van der Waals surface area contributed by atoms with Gasteiger partial charge in [-0.25, -0.2) is 0 Å². The molecule has 0 fully saturated rings. The first-order valence-electron chi connectivity index (χ1n) is 7.86. The van der Waals surface area contributed by atoms with Crippen molar-refractivity contribution in [3.8, 4) is 17.1 Å². The summed E-state index contributed by atoms with van der Waals surface area (Å²) in [4.78, 5) is 14.2. The Balaban J connectivity index is 1.85. The zero-order valence-corrected chi connectivity index (χ0v) is 15.5. The van der Waals surface area contributed by atoms with Crippen molar-refractivity contribution < 1.29 is 9.53 Å². The summed E-state index contributed by atoms with van der Waals surface area (Å²) in [6.45, 7) is 1.93. The average Bonchev–Trinajstić information content (AvgIpc) is 3.12. The SMILES string of the molecule is CCC(C(=O)c1ccc(OC)cc1)n1nnc(-c2ccc(Br)cc2)n1. The van der Waals surface area contributed by atoms with Crippen LogP contribution >= 0.6 is 15.9 Å². The summed E-state index contributed by atoms with van der Waals surface area (Å²) in [6.07, 6.45) is 0.570. The lowest BCUT2D eigenvalue weighted by molar-refractivity contribution is 0.0903. The Labute approximate surface area is 153 Å². The van der Waals surface area contributed by atoms with Crippen molar-refractivity contribution in [2.45, 2.75) is 19.4 Å². The number of carbonyl (C=O) groups excluding carboxylic acids is 1. The second-order valence-electron chi connectivity index (χ2n) is 5.46. The molecule has 0 aliphatic carbocycles. The van der Waals surface area contributed by atoms with Gasteiger partial charge >= 0.3 is 0 Å². The molecule has 0 radical (unpaired) electrons. The highest BCUT2D eigenvalue weighted by Gasteiger charge is 2.23. The van der Waals surface area contributed by atoms with Crippen molar-refractivity contribution >= 4 is 21.7 Å². The third-order valence-electron chi connectivity index (χ3n) is 3.87. The molecule has 1 unspecified atom stereocenters. The van der Waals surface area contributed by atoms with E-state index in [2.05, 4.69) is 31.3 Å². The van der Waals surface area contributed by atoms with E-state index < -0.39 is 6.04 Å². The van der Waals surface area contributed by atoms with E-state index in [4.69, 9.17) is 4.74 Å². The topological polar surface area (TPSA) is 69.9 Å². The Hall–Kier alpha value is -2.54. The molecule has 3 rings (SSSR count). The predicted molar refractivity (Wildman–Crippen MR) is 97.6 cm³/mol. The molecule has 25 heavy (non-hydrogen) atoms. The minimum absolute atomic E-state index is 0.0510. The largest absolute Gasteiger partial charge is 0.497 e. The molecular formula is C18H17BrN4O2. The van der Waals surface area contributed by atoms with Crippen LogP contribution in [0.4, 0.5) is 0 Å². The molecule has 3 aromatic rings. The van der Waals surface area contributed by atoms with E-state index in [1.165, 1.54) is 4.80 Å². The Morgan fingerprint density at radius 2 is 1.84 bits per heavy atom. The van der Waals surface area contributed by atoms with Gasteiger partial charge in [-0.05, 0) is 60.2 Å². The van der Waals surface area contributed by atoms with E-state index in [0.29, 0.717) is 23.6 Å². The van der Waals surface area contributed by atoms with Crippen LogP contribution in [-0.2, 0) is 0 Å². The number of hydrogen-bond donors (Lipinski definition) is 0. The maximum atomic E-state index is 12.8. The third kappa shape index (κ3) is 3.76. The van der Waals surface area contributed by atoms with E-state index in [9.17, 15) is 4.79 Å². The highest BCUT2D eigenvalue weighted by molar-refractivity contribution is 9.10. The predicted octanol–water partition coefficient (Wildman–Crippen LogP) is 3.95. The lowest BCUT2D eigenvalue weighted by Crippen LogP contribution is -2.21. The Bertz CT molecular complexity index is 860. The van der Waals surface area contributed by atoms with Gasteiger partial charge in [-0.2, -0.15) is 4.80 Å². The zero-order chi connectivity index (χ0) is 17.8. The third-order valence-corrected chi connectivity index (χ3v) is 4.40. The quantitative estimate of drug-likeness (QED) is 0.585. The van der Waals surface area contributed by atoms with E-state index in [-0.39, 0.29) is 5.78 Å². The zero-order valence-electron chi connectivity index (χ0n) is 13.9. The molecule has 0 N–H and O–H groups in total. The van der Waals surface area contributed by atoms with E-state index in [1.54, 1.807) is 31.4 Å². The normalized spacial score (nSPS) is 12.0. The molecule has 0 saturated heterocycles. The van der Waals surface area contributed by atoms with Crippen LogP contribution in [0.25, 0.3) is 11.4 Å². The van der Waals surface area contributed by atoms with Crippen LogP contribution in [0.3, 0.4) is 0 Å². The molecule has 2 aromatic carbocycles. The van der Waals surface area contributed by atoms with Crippen LogP contribution in [0.15, 0.2) is 53.0 Å². The standard InChI is InChI=1S/C18H17BrN4O2/c1-3-16(17(24)12-6-10-15(25-2)11-7-12)23-21-18(20-22-23)13-4-8-14(19)9-5-13/h4-11,16H,3H2,1-2H3. The smallest absolute Gasteiger partial charge is 0.204 e. The summed E-state index contributed by atoms with van der Waals surface area (Å²) < 4.78 is 6.10. The van der Waals surface area contributed by atoms with Gasteiger partial charge in [0.1, 0.15) is 11.8 Å². The molecule has 0 spiro atoms. The summed E-state index contributed by atoms with van der Waals surface area (Å²) in [6, 6.07) is 14.2. The van der Waals surface area contributed by atoms with E-state index in [0.717, 1.165) is 10.0 Å². The Morgan fingerprint density at radius 1 is 1.16 bits per heavy atom. The molecule has 1 aromatic heterocycles. The molecule has 0 saturated carbocycles. The number of hydrogen-bond acceptors (Lipinski definition) is 5. The fourth-order valence-corrected chi connectivity index (χ4v) is 2.74. The number of aromatic nitrogens is 4. The average molecular weight is 401 g/mol. The van der Waals surface area contributed by atoms with Crippen LogP contribution in [0.2, 0.25) is 0 Å². The van der Waals surface area contributed by atoms with Gasteiger partial charge in [0, 0.05) is 15.6 Å². The number of methoxy groups -OCH3 is 1. The fourth-order valence-electron chi connectivity index (χ4n) is 2.47. The number of ether oxygens (including phenoxy) is 1. The molecular weight excluding hydrogens is 384 g/mol. The van der Waals surface area contributed by atoms with Gasteiger partial charge in [0.15, 0.2) is 5.78 Å². The maximum absolute atomic E-state index is 12.8. The highest BCUT2D eigenvalue weighted by atomic mass is 79.9. The van der Waals surface area contributed by atoms with Crippen molar-refractivity contribution in [1.82, 2.24) is 20.2 Å². The molecule has 0 aliphatic heterocycles. The van der Waals surface area contributed by atoms with Crippen LogP contribution < -0.4 is 4.74 Å². The molecule has 6 nitrogen and oxygen atoms in total. The molecule has 128 valence electrons. The first kappa shape index (κ1) is 17.3. The van der Waals surface area contributed by atoms with Crippen molar-refractivity contribution in [3.63, 3.8) is 0 Å². The number of ketones is 1. The lowest BCUT2D eigenvalue weighted by atomic mass is 10.0. The molecule has 1 atom stereocenters. The van der Waals surface area contributed by atoms with Gasteiger partial charge in [-0.1, -0.05) is 22.9 Å². The van der Waals surface area contributed by atoms with Crippen molar-refractivity contribution in [2.75, 3.05) is 7.11 Å². The maximum Gasteiger partial charge on any atom is 0.204 e. The summed E-state index contributed by atoms with van der Waals surface area (Å²) in [5.74, 6) is 1.15. The van der Waals surface area contributed by atoms with E-state index in [1.807, 2.05) is 31.2 Å². The summed E-state index contributed by atoms with van der Waals surface area (Å²) in [5.41, 5.74) is 1.44. The number of carbonyl (C=O) groups is 1. The van der Waals surface area contributed by atoms with Crippen LogP contribution in [0.5, 0.6) is 5.75 Å². The van der Waals surface area contributed by atoms with Gasteiger partial charge < -0.3 is 4.74 Å². The number of tetrazole rings is 1. The Morgan fingerprint density at radius 3 is 2.44 bits per heavy atom. The van der Waals surface area contributed by atoms with Crippen molar-refractivity contribution in [3.05, 3.63) is 58.6 Å². The molecule has 0 aliphatic rings. The molecule has 7 heteroatoms. The van der Waals surface area contributed by atoms with Gasteiger partial charge in [0.25, 0.3) is 0 Å². The molecule has 0 bridgehead atoms. The summed E-state index contributed by atoms with van der Waals surface area (Å²) in [5, 5.41) is 12.6. The van der Waals surface area contributed by atoms with Gasteiger partial charge in [0.2, 0.25) is 5.82 Å². The summed E-state index contributed by atoms with van der Waals surface area (Å²) in [7, 11) is 1.59. The van der Waals surface area contributed by atoms with Crippen molar-refractivity contribution in [1.29, 1.82) is 0 Å². The van der Waals surface area contributed by atoms with Crippen LogP contribution in [-0.4, -0.2) is 33.1 Å². The van der Waals surface area contributed by atoms with Crippen molar-refractivity contribution in [2.24, 2.45) is 0 Å². The van der Waals surface area contributed by atoms with Gasteiger partial charge in [-0.15, -0.1) is 10.2 Å². The lowest BCUT2D eigenvalue weighted by Gasteiger charge is -2.12. The number of Topliss-reactive ketones (excluding diaryl/α,β-unsaturated/α-hetero) is 1. The van der Waals surface area contributed by atoms with Crippen LogP contribution in [0.1, 0.15) is 29.7 Å². The van der Waals surface area contributed by atoms with Gasteiger partial charge in [-0.3, -0.25) is 4.79 Å². The number of nitrogens with zero attached hydrogens (tertiary/aromatic N) is 4. The van der Waals surface area contributed by atoms with Crippen LogP contribution in [0, 0.1) is 0 Å². The monoisotopic (exact) mass is 400 g/mol. The second kappa shape index (κ2) is 7.57. The number of halogens is 1. The Kier molecular flexibility index (Phi) is 5.23. The second-order valence-corrected chi connectivity index (χ2v) is 6.37. The van der Waals surface area contributed by atoms with E-state index >= 15 is 0 Å². The minimum Gasteiger partial charge on any atom is -0.497 e. The summed E-state index contributed by atoms with van der Waals surface area (Å²) >= 11 is 3.40. The first-order chi connectivity index (χ1) is 12.1. The first-order valence-corrected chi connectivity index (χ1v) is 8.65. The number of rotatable bonds is 6. The van der Waals surface area contributed by atoms with Gasteiger partial charge in [0.05, 0.1) is 7.11 Å². The highest BCUT2D eigenvalue weighted by Crippen LogP contribution is 2.21.